The van der Waals surface area contributed by atoms with Gasteiger partial charge in [-0.15, -0.1) is 0 Å². The summed E-state index contributed by atoms with van der Waals surface area (Å²) < 4.78 is 17.8. The van der Waals surface area contributed by atoms with Gasteiger partial charge in [-0.25, -0.2) is 9.18 Å². The lowest BCUT2D eigenvalue weighted by Gasteiger charge is -2.12. The molecule has 1 aromatic rings. The molecule has 0 radical (unpaired) electrons. The van der Waals surface area contributed by atoms with E-state index in [0.29, 0.717) is 5.75 Å². The Kier molecular flexibility index (Phi) is 6.12. The van der Waals surface area contributed by atoms with Crippen LogP contribution < -0.4 is 10.1 Å². The molecule has 0 bridgehead atoms. The summed E-state index contributed by atoms with van der Waals surface area (Å²) in [6.45, 7) is -0.0448. The van der Waals surface area contributed by atoms with Gasteiger partial charge in [0.15, 0.2) is 0 Å². The van der Waals surface area contributed by atoms with Crippen LogP contribution in [0.2, 0.25) is 0 Å². The number of carboxylic acids is 2. The first kappa shape index (κ1) is 16.4. The highest BCUT2D eigenvalue weighted by atomic mass is 19.1. The van der Waals surface area contributed by atoms with Crippen LogP contribution in [0.4, 0.5) is 4.39 Å². The van der Waals surface area contributed by atoms with Crippen LogP contribution in [0.5, 0.6) is 5.75 Å². The minimum atomic E-state index is -1.49. The molecule has 0 aliphatic rings. The predicted octanol–water partition coefficient (Wildman–Crippen LogP) is 0.639. The van der Waals surface area contributed by atoms with Gasteiger partial charge in [0.25, 0.3) is 0 Å². The minimum absolute atomic E-state index is 0.0448. The van der Waals surface area contributed by atoms with Crippen molar-refractivity contribution in [3.05, 3.63) is 30.1 Å². The first-order valence-corrected chi connectivity index (χ1v) is 6.01. The van der Waals surface area contributed by atoms with Gasteiger partial charge in [0.2, 0.25) is 5.91 Å². The van der Waals surface area contributed by atoms with Crippen LogP contribution in [-0.4, -0.2) is 40.7 Å². The van der Waals surface area contributed by atoms with Crippen molar-refractivity contribution >= 4 is 17.8 Å². The summed E-state index contributed by atoms with van der Waals surface area (Å²) in [7, 11) is 0. The second-order valence-electron chi connectivity index (χ2n) is 4.11. The molecule has 1 amide bonds. The third-order valence-electron chi connectivity index (χ3n) is 2.42. The molecular weight excluding hydrogens is 285 g/mol. The van der Waals surface area contributed by atoms with Gasteiger partial charge in [0.05, 0.1) is 19.4 Å². The summed E-state index contributed by atoms with van der Waals surface area (Å²) in [6, 6.07) is 3.68. The van der Waals surface area contributed by atoms with Crippen LogP contribution in [0.3, 0.4) is 0 Å². The van der Waals surface area contributed by atoms with E-state index in [0.717, 1.165) is 0 Å². The Morgan fingerprint density at radius 3 is 2.33 bits per heavy atom. The lowest BCUT2D eigenvalue weighted by atomic mass is 10.2. The Bertz CT molecular complexity index is 516. The van der Waals surface area contributed by atoms with Gasteiger partial charge in [-0.3, -0.25) is 9.59 Å². The average Bonchev–Trinajstić information content (AvgIpc) is 2.39. The quantitative estimate of drug-likeness (QED) is 0.649. The lowest BCUT2D eigenvalue weighted by Crippen LogP contribution is -2.42. The fourth-order valence-electron chi connectivity index (χ4n) is 1.43. The SMILES string of the molecule is O=C(O)C[C@@H](NC(=O)CCOc1ccc(F)cc1)C(=O)O. The number of ether oxygens (including phenoxy) is 1. The molecule has 0 unspecified atom stereocenters. The van der Waals surface area contributed by atoms with Gasteiger partial charge in [-0.2, -0.15) is 0 Å². The van der Waals surface area contributed by atoms with E-state index in [9.17, 15) is 18.8 Å². The van der Waals surface area contributed by atoms with Gasteiger partial charge in [-0.1, -0.05) is 0 Å². The topological polar surface area (TPSA) is 113 Å². The van der Waals surface area contributed by atoms with Gasteiger partial charge in [0, 0.05) is 0 Å². The van der Waals surface area contributed by atoms with Crippen LogP contribution in [0, 0.1) is 5.82 Å². The number of carbonyl (C=O) groups is 3. The number of hydrogen-bond donors (Lipinski definition) is 3. The summed E-state index contributed by atoms with van der Waals surface area (Å²) in [4.78, 5) is 32.7. The highest BCUT2D eigenvalue weighted by Crippen LogP contribution is 2.11. The van der Waals surface area contributed by atoms with E-state index in [2.05, 4.69) is 5.32 Å². The highest BCUT2D eigenvalue weighted by Gasteiger charge is 2.22. The second kappa shape index (κ2) is 7.83. The number of carboxylic acid groups (broad SMARTS) is 2. The molecule has 1 rings (SSSR count). The molecule has 8 heteroatoms. The molecule has 0 aliphatic heterocycles. The Morgan fingerprint density at radius 1 is 1.19 bits per heavy atom. The van der Waals surface area contributed by atoms with E-state index in [4.69, 9.17) is 14.9 Å². The normalized spacial score (nSPS) is 11.5. The third-order valence-corrected chi connectivity index (χ3v) is 2.42. The minimum Gasteiger partial charge on any atom is -0.493 e. The fraction of sp³-hybridized carbons (Fsp3) is 0.308. The number of halogens is 1. The summed E-state index contributed by atoms with van der Waals surface area (Å²) in [5, 5.41) is 19.4. The fourth-order valence-corrected chi connectivity index (χ4v) is 1.43. The van der Waals surface area contributed by atoms with Crippen molar-refractivity contribution in [1.29, 1.82) is 0 Å². The van der Waals surface area contributed by atoms with Gasteiger partial charge >= 0.3 is 11.9 Å². The lowest BCUT2D eigenvalue weighted by molar-refractivity contribution is -0.147. The number of hydrogen-bond acceptors (Lipinski definition) is 4. The molecule has 114 valence electrons. The summed E-state index contributed by atoms with van der Waals surface area (Å²) >= 11 is 0. The largest absolute Gasteiger partial charge is 0.493 e. The molecule has 0 spiro atoms. The summed E-state index contributed by atoms with van der Waals surface area (Å²) in [6.07, 6.45) is -0.860. The van der Waals surface area contributed by atoms with E-state index < -0.39 is 36.1 Å². The number of aliphatic carboxylic acids is 2. The van der Waals surface area contributed by atoms with Crippen molar-refractivity contribution in [2.45, 2.75) is 18.9 Å². The standard InChI is InChI=1S/C13H14FNO6/c14-8-1-3-9(4-2-8)21-6-5-11(16)15-10(13(19)20)7-12(17)18/h1-4,10H,5-7H2,(H,15,16)(H,17,18)(H,19,20)/t10-/m1/s1. The Labute approximate surface area is 119 Å². The molecule has 0 saturated heterocycles. The van der Waals surface area contributed by atoms with E-state index in [1.807, 2.05) is 0 Å². The van der Waals surface area contributed by atoms with Gasteiger partial charge in [-0.05, 0) is 24.3 Å². The van der Waals surface area contributed by atoms with Gasteiger partial charge in [0.1, 0.15) is 17.6 Å². The van der Waals surface area contributed by atoms with Crippen LogP contribution in [0.1, 0.15) is 12.8 Å². The average molecular weight is 299 g/mol. The first-order valence-electron chi connectivity index (χ1n) is 6.01. The number of amides is 1. The molecule has 21 heavy (non-hydrogen) atoms. The van der Waals surface area contributed by atoms with Crippen molar-refractivity contribution in [2.75, 3.05) is 6.61 Å². The zero-order valence-corrected chi connectivity index (χ0v) is 10.9. The van der Waals surface area contributed by atoms with Crippen LogP contribution >= 0.6 is 0 Å². The molecular formula is C13H14FNO6. The van der Waals surface area contributed by atoms with E-state index in [1.165, 1.54) is 24.3 Å². The first-order chi connectivity index (χ1) is 9.88. The van der Waals surface area contributed by atoms with Crippen LogP contribution in [-0.2, 0) is 14.4 Å². The third kappa shape index (κ3) is 6.37. The van der Waals surface area contributed by atoms with Gasteiger partial charge < -0.3 is 20.3 Å². The van der Waals surface area contributed by atoms with Crippen molar-refractivity contribution in [3.8, 4) is 5.75 Å². The molecule has 0 heterocycles. The Balaban J connectivity index is 2.37. The van der Waals surface area contributed by atoms with E-state index in [-0.39, 0.29) is 13.0 Å². The van der Waals surface area contributed by atoms with E-state index >= 15 is 0 Å². The molecule has 1 atom stereocenters. The molecule has 1 aromatic carbocycles. The zero-order chi connectivity index (χ0) is 15.8. The second-order valence-corrected chi connectivity index (χ2v) is 4.11. The number of carbonyl (C=O) groups excluding carboxylic acids is 1. The van der Waals surface area contributed by atoms with Crippen molar-refractivity contribution < 1.29 is 33.7 Å². The maximum atomic E-state index is 12.6. The monoisotopic (exact) mass is 299 g/mol. The maximum absolute atomic E-state index is 12.6. The summed E-state index contributed by atoms with van der Waals surface area (Å²) in [5.74, 6) is -3.45. The maximum Gasteiger partial charge on any atom is 0.326 e. The molecule has 7 nitrogen and oxygen atoms in total. The van der Waals surface area contributed by atoms with Crippen molar-refractivity contribution in [1.82, 2.24) is 5.32 Å². The molecule has 3 N–H and O–H groups in total. The molecule has 0 saturated carbocycles. The number of benzene rings is 1. The van der Waals surface area contributed by atoms with Crippen molar-refractivity contribution in [3.63, 3.8) is 0 Å². The van der Waals surface area contributed by atoms with Crippen LogP contribution in [0.25, 0.3) is 0 Å². The zero-order valence-electron chi connectivity index (χ0n) is 10.9. The van der Waals surface area contributed by atoms with Crippen molar-refractivity contribution in [2.24, 2.45) is 0 Å². The molecule has 0 aromatic heterocycles. The number of rotatable bonds is 8. The highest BCUT2D eigenvalue weighted by molar-refractivity contribution is 5.86. The molecule has 0 fully saturated rings. The predicted molar refractivity (Wildman–Crippen MR) is 68.3 cm³/mol. The smallest absolute Gasteiger partial charge is 0.326 e. The number of nitrogens with one attached hydrogen (secondary N) is 1. The summed E-state index contributed by atoms with van der Waals surface area (Å²) in [5.41, 5.74) is 0. The Hall–Kier alpha value is -2.64. The van der Waals surface area contributed by atoms with Crippen LogP contribution in [0.15, 0.2) is 24.3 Å². The Morgan fingerprint density at radius 2 is 1.81 bits per heavy atom. The van der Waals surface area contributed by atoms with E-state index in [1.54, 1.807) is 0 Å². The molecule has 0 aliphatic carbocycles.